The summed E-state index contributed by atoms with van der Waals surface area (Å²) >= 11 is 0. The first-order chi connectivity index (χ1) is 12.0. The number of piperidine rings is 1. The Morgan fingerprint density at radius 2 is 1.64 bits per heavy atom. The molecule has 0 N–H and O–H groups in total. The van der Waals surface area contributed by atoms with Crippen molar-refractivity contribution in [2.24, 2.45) is 5.92 Å². The lowest BCUT2D eigenvalue weighted by atomic mass is 10.0. The molecule has 0 unspecified atom stereocenters. The standard InChI is InChI=1S/C20H26N2O3/c1-14(2)13-25-16-9-7-15(8-10-16)17-18(20(24)21(3)19(17)23)22-11-5-4-6-12-22/h7-10,14H,4-6,11-13H2,1-3H3. The maximum Gasteiger partial charge on any atom is 0.277 e. The Hall–Kier alpha value is -2.30. The van der Waals surface area contributed by atoms with Crippen LogP contribution in [0.5, 0.6) is 5.75 Å². The quantitative estimate of drug-likeness (QED) is 0.772. The molecule has 5 nitrogen and oxygen atoms in total. The van der Waals surface area contributed by atoms with Crippen molar-refractivity contribution >= 4 is 17.4 Å². The topological polar surface area (TPSA) is 49.9 Å². The molecule has 1 aromatic carbocycles. The molecule has 1 aromatic rings. The van der Waals surface area contributed by atoms with Gasteiger partial charge in [0, 0.05) is 20.1 Å². The maximum atomic E-state index is 12.7. The largest absolute Gasteiger partial charge is 0.493 e. The van der Waals surface area contributed by atoms with Gasteiger partial charge >= 0.3 is 0 Å². The average Bonchev–Trinajstić information content (AvgIpc) is 2.85. The summed E-state index contributed by atoms with van der Waals surface area (Å²) in [5, 5.41) is 0. The number of rotatable bonds is 5. The van der Waals surface area contributed by atoms with Crippen LogP contribution in [-0.2, 0) is 9.59 Å². The van der Waals surface area contributed by atoms with E-state index in [1.807, 2.05) is 24.3 Å². The van der Waals surface area contributed by atoms with Gasteiger partial charge in [0.05, 0.1) is 12.2 Å². The van der Waals surface area contributed by atoms with E-state index in [1.165, 1.54) is 11.3 Å². The number of carbonyl (C=O) groups excluding carboxylic acids is 2. The third kappa shape index (κ3) is 3.55. The number of ether oxygens (including phenoxy) is 1. The molecule has 1 saturated heterocycles. The second-order valence-electron chi connectivity index (χ2n) is 7.17. The second-order valence-corrected chi connectivity index (χ2v) is 7.17. The van der Waals surface area contributed by atoms with Crippen LogP contribution in [0.1, 0.15) is 38.7 Å². The van der Waals surface area contributed by atoms with Gasteiger partial charge in [0.2, 0.25) is 0 Å². The van der Waals surface area contributed by atoms with Crippen molar-refractivity contribution in [2.75, 3.05) is 26.7 Å². The minimum atomic E-state index is -0.221. The molecule has 5 heteroatoms. The molecular formula is C20H26N2O3. The Bertz CT molecular complexity index is 685. The summed E-state index contributed by atoms with van der Waals surface area (Å²) in [4.78, 5) is 28.6. The Labute approximate surface area is 149 Å². The molecule has 134 valence electrons. The highest BCUT2D eigenvalue weighted by atomic mass is 16.5. The molecule has 1 fully saturated rings. The van der Waals surface area contributed by atoms with Crippen LogP contribution in [0.4, 0.5) is 0 Å². The summed E-state index contributed by atoms with van der Waals surface area (Å²) in [6.07, 6.45) is 3.30. The number of benzene rings is 1. The number of likely N-dealkylation sites (tertiary alicyclic amines) is 1. The van der Waals surface area contributed by atoms with E-state index in [2.05, 4.69) is 18.7 Å². The van der Waals surface area contributed by atoms with Crippen LogP contribution in [-0.4, -0.2) is 48.4 Å². The number of imide groups is 1. The van der Waals surface area contributed by atoms with E-state index < -0.39 is 0 Å². The van der Waals surface area contributed by atoms with Gasteiger partial charge in [0.25, 0.3) is 11.8 Å². The SMILES string of the molecule is CC(C)COc1ccc(C2=C(N3CCCCC3)C(=O)N(C)C2=O)cc1. The van der Waals surface area contributed by atoms with Gasteiger partial charge in [-0.15, -0.1) is 0 Å². The molecule has 2 heterocycles. The molecule has 2 aliphatic rings. The Morgan fingerprint density at radius 3 is 2.24 bits per heavy atom. The minimum Gasteiger partial charge on any atom is -0.493 e. The predicted octanol–water partition coefficient (Wildman–Crippen LogP) is 2.92. The minimum absolute atomic E-state index is 0.193. The summed E-state index contributed by atoms with van der Waals surface area (Å²) in [5.41, 5.74) is 1.85. The van der Waals surface area contributed by atoms with E-state index in [1.54, 1.807) is 7.05 Å². The molecule has 0 atom stereocenters. The lowest BCUT2D eigenvalue weighted by Crippen LogP contribution is -2.35. The highest BCUT2D eigenvalue weighted by Gasteiger charge is 2.39. The summed E-state index contributed by atoms with van der Waals surface area (Å²) in [7, 11) is 1.56. The average molecular weight is 342 g/mol. The number of hydrogen-bond donors (Lipinski definition) is 0. The van der Waals surface area contributed by atoms with Crippen molar-refractivity contribution in [1.82, 2.24) is 9.80 Å². The fourth-order valence-corrected chi connectivity index (χ4v) is 3.28. The summed E-state index contributed by atoms with van der Waals surface area (Å²) in [6.45, 7) is 6.52. The zero-order chi connectivity index (χ0) is 18.0. The highest BCUT2D eigenvalue weighted by molar-refractivity contribution is 6.35. The van der Waals surface area contributed by atoms with E-state index in [-0.39, 0.29) is 11.8 Å². The third-order valence-corrected chi connectivity index (χ3v) is 4.66. The third-order valence-electron chi connectivity index (χ3n) is 4.66. The van der Waals surface area contributed by atoms with Crippen LogP contribution >= 0.6 is 0 Å². The normalized spacial score (nSPS) is 18.6. The molecule has 0 aromatic heterocycles. The van der Waals surface area contributed by atoms with Crippen molar-refractivity contribution in [3.63, 3.8) is 0 Å². The monoisotopic (exact) mass is 342 g/mol. The van der Waals surface area contributed by atoms with Crippen LogP contribution in [0.15, 0.2) is 30.0 Å². The first-order valence-electron chi connectivity index (χ1n) is 9.04. The van der Waals surface area contributed by atoms with Crippen LogP contribution in [0.3, 0.4) is 0 Å². The van der Waals surface area contributed by atoms with Gasteiger partial charge in [-0.1, -0.05) is 26.0 Å². The predicted molar refractivity (Wildman–Crippen MR) is 96.9 cm³/mol. The van der Waals surface area contributed by atoms with Gasteiger partial charge in [0.15, 0.2) is 0 Å². The van der Waals surface area contributed by atoms with E-state index in [4.69, 9.17) is 4.74 Å². The molecule has 2 aliphatic heterocycles. The molecule has 0 saturated carbocycles. The molecule has 25 heavy (non-hydrogen) atoms. The highest BCUT2D eigenvalue weighted by Crippen LogP contribution is 2.33. The fraction of sp³-hybridized carbons (Fsp3) is 0.500. The van der Waals surface area contributed by atoms with Crippen LogP contribution in [0, 0.1) is 5.92 Å². The molecule has 0 aliphatic carbocycles. The van der Waals surface area contributed by atoms with Crippen LogP contribution in [0.25, 0.3) is 5.57 Å². The first kappa shape index (κ1) is 17.5. The van der Waals surface area contributed by atoms with Gasteiger partial charge in [-0.2, -0.15) is 0 Å². The van der Waals surface area contributed by atoms with Crippen molar-refractivity contribution in [3.8, 4) is 5.75 Å². The second kappa shape index (κ2) is 7.30. The number of nitrogens with zero attached hydrogens (tertiary/aromatic N) is 2. The van der Waals surface area contributed by atoms with E-state index in [0.717, 1.165) is 37.2 Å². The van der Waals surface area contributed by atoms with Gasteiger partial charge in [0.1, 0.15) is 11.4 Å². The lowest BCUT2D eigenvalue weighted by Gasteiger charge is -2.29. The van der Waals surface area contributed by atoms with Crippen molar-refractivity contribution in [2.45, 2.75) is 33.1 Å². The van der Waals surface area contributed by atoms with Gasteiger partial charge in [-0.3, -0.25) is 14.5 Å². The van der Waals surface area contributed by atoms with Gasteiger partial charge in [-0.25, -0.2) is 0 Å². The molecule has 0 bridgehead atoms. The first-order valence-corrected chi connectivity index (χ1v) is 9.04. The van der Waals surface area contributed by atoms with E-state index in [0.29, 0.717) is 23.8 Å². The van der Waals surface area contributed by atoms with Gasteiger partial charge in [-0.05, 0) is 42.9 Å². The molecular weight excluding hydrogens is 316 g/mol. The Balaban J connectivity index is 1.91. The number of carbonyl (C=O) groups is 2. The smallest absolute Gasteiger partial charge is 0.277 e. The van der Waals surface area contributed by atoms with Crippen molar-refractivity contribution < 1.29 is 14.3 Å². The Morgan fingerprint density at radius 1 is 1.00 bits per heavy atom. The van der Waals surface area contributed by atoms with Crippen LogP contribution in [0.2, 0.25) is 0 Å². The molecule has 0 spiro atoms. The van der Waals surface area contributed by atoms with E-state index in [9.17, 15) is 9.59 Å². The number of likely N-dealkylation sites (N-methyl/N-ethyl adjacent to an activating group) is 1. The van der Waals surface area contributed by atoms with Crippen molar-refractivity contribution in [1.29, 1.82) is 0 Å². The zero-order valence-electron chi connectivity index (χ0n) is 15.2. The van der Waals surface area contributed by atoms with Crippen LogP contribution < -0.4 is 4.74 Å². The van der Waals surface area contributed by atoms with Crippen molar-refractivity contribution in [3.05, 3.63) is 35.5 Å². The number of hydrogen-bond acceptors (Lipinski definition) is 4. The summed E-state index contributed by atoms with van der Waals surface area (Å²) < 4.78 is 5.71. The zero-order valence-corrected chi connectivity index (χ0v) is 15.2. The lowest BCUT2D eigenvalue weighted by molar-refractivity contribution is -0.136. The number of amides is 2. The van der Waals surface area contributed by atoms with E-state index >= 15 is 0 Å². The maximum absolute atomic E-state index is 12.7. The fourth-order valence-electron chi connectivity index (χ4n) is 3.28. The Kier molecular flexibility index (Phi) is 5.11. The summed E-state index contributed by atoms with van der Waals surface area (Å²) in [5.74, 6) is 0.821. The summed E-state index contributed by atoms with van der Waals surface area (Å²) in [6, 6.07) is 7.49. The van der Waals surface area contributed by atoms with Gasteiger partial charge < -0.3 is 9.64 Å². The molecule has 0 radical (unpaired) electrons. The molecule has 2 amide bonds. The molecule has 3 rings (SSSR count).